The van der Waals surface area contributed by atoms with Crippen molar-refractivity contribution >= 4 is 26.7 Å². The molecule has 0 radical (unpaired) electrons. The zero-order valence-electron chi connectivity index (χ0n) is 15.2. The van der Waals surface area contributed by atoms with Crippen LogP contribution in [0.2, 0.25) is 0 Å². The van der Waals surface area contributed by atoms with Crippen molar-refractivity contribution in [2.75, 3.05) is 14.1 Å². The largest absolute Gasteiger partial charge is 0.383 e. The number of benzene rings is 2. The van der Waals surface area contributed by atoms with E-state index in [0.717, 1.165) is 9.54 Å². The van der Waals surface area contributed by atoms with Gasteiger partial charge in [-0.1, -0.05) is 23.8 Å². The van der Waals surface area contributed by atoms with Gasteiger partial charge in [-0.15, -0.1) is 0 Å². The Bertz CT molecular complexity index is 1140. The highest BCUT2D eigenvalue weighted by Crippen LogP contribution is 2.28. The smallest absolute Gasteiger partial charge is 0.268 e. The van der Waals surface area contributed by atoms with Crippen LogP contribution in [0.4, 0.5) is 4.39 Å². The summed E-state index contributed by atoms with van der Waals surface area (Å²) in [4.78, 5) is 14.3. The van der Waals surface area contributed by atoms with E-state index < -0.39 is 21.6 Å². The Balaban J connectivity index is 2.24. The Kier molecular flexibility index (Phi) is 4.89. The van der Waals surface area contributed by atoms with Crippen molar-refractivity contribution in [1.82, 2.24) is 8.87 Å². The zero-order chi connectivity index (χ0) is 19.8. The Hall–Kier alpha value is -2.93. The Labute approximate surface area is 157 Å². The van der Waals surface area contributed by atoms with Gasteiger partial charge in [-0.05, 0) is 31.2 Å². The van der Waals surface area contributed by atoms with Crippen LogP contribution in [0.15, 0.2) is 65.8 Å². The molecule has 0 saturated heterocycles. The predicted molar refractivity (Wildman–Crippen MR) is 103 cm³/mol. The van der Waals surface area contributed by atoms with Crippen molar-refractivity contribution in [3.8, 4) is 0 Å². The molecule has 0 bridgehead atoms. The van der Waals surface area contributed by atoms with Crippen LogP contribution in [0, 0.1) is 12.7 Å². The molecule has 1 aromatic heterocycles. The average molecular weight is 386 g/mol. The van der Waals surface area contributed by atoms with Crippen molar-refractivity contribution < 1.29 is 17.6 Å². The molecule has 0 unspecified atom stereocenters. The van der Waals surface area contributed by atoms with Gasteiger partial charge >= 0.3 is 0 Å². The van der Waals surface area contributed by atoms with E-state index in [0.29, 0.717) is 0 Å². The minimum atomic E-state index is -3.98. The van der Waals surface area contributed by atoms with Crippen LogP contribution in [0.5, 0.6) is 0 Å². The maximum absolute atomic E-state index is 14.5. The van der Waals surface area contributed by atoms with Crippen LogP contribution < -0.4 is 0 Å². The number of allylic oxidation sites excluding steroid dienone is 1. The number of halogens is 1. The first-order valence-corrected chi connectivity index (χ1v) is 9.66. The van der Waals surface area contributed by atoms with Gasteiger partial charge < -0.3 is 4.90 Å². The third-order valence-electron chi connectivity index (χ3n) is 4.11. The summed E-state index contributed by atoms with van der Waals surface area (Å²) in [5.41, 5.74) is 1.04. The number of rotatable bonds is 5. The maximum Gasteiger partial charge on any atom is 0.268 e. The second-order valence-corrected chi connectivity index (χ2v) is 8.25. The van der Waals surface area contributed by atoms with Crippen LogP contribution in [0.25, 0.3) is 10.9 Å². The molecule has 2 aromatic carbocycles. The molecule has 0 aliphatic carbocycles. The van der Waals surface area contributed by atoms with E-state index in [1.807, 2.05) is 6.92 Å². The number of fused-ring (bicyclic) bond motifs is 1. The predicted octanol–water partition coefficient (Wildman–Crippen LogP) is 3.58. The highest BCUT2D eigenvalue weighted by Gasteiger charge is 2.24. The topological polar surface area (TPSA) is 59.4 Å². The zero-order valence-corrected chi connectivity index (χ0v) is 16.0. The molecule has 7 heteroatoms. The molecule has 140 valence electrons. The normalized spacial score (nSPS) is 12.0. The summed E-state index contributed by atoms with van der Waals surface area (Å²) in [7, 11) is -0.489. The van der Waals surface area contributed by atoms with Crippen molar-refractivity contribution in [3.63, 3.8) is 0 Å². The highest BCUT2D eigenvalue weighted by atomic mass is 32.2. The van der Waals surface area contributed by atoms with Gasteiger partial charge in [0.1, 0.15) is 5.82 Å². The summed E-state index contributed by atoms with van der Waals surface area (Å²) in [6.07, 6.45) is 4.00. The SMILES string of the molecule is Cc1ccc(S(=O)(=O)n2cc(C(=O)/C=C/N(C)C)c3c(F)cccc32)cc1. The van der Waals surface area contributed by atoms with Gasteiger partial charge in [0.05, 0.1) is 16.0 Å². The summed E-state index contributed by atoms with van der Waals surface area (Å²) in [5.74, 6) is -1.12. The van der Waals surface area contributed by atoms with Crippen molar-refractivity contribution in [3.05, 3.63) is 77.9 Å². The first-order chi connectivity index (χ1) is 12.7. The van der Waals surface area contributed by atoms with E-state index >= 15 is 0 Å². The van der Waals surface area contributed by atoms with Crippen LogP contribution in [-0.4, -0.2) is 37.2 Å². The lowest BCUT2D eigenvalue weighted by Crippen LogP contribution is -2.12. The number of ketones is 1. The number of nitrogens with zero attached hydrogens (tertiary/aromatic N) is 2. The molecule has 0 spiro atoms. The van der Waals surface area contributed by atoms with Crippen LogP contribution in [0.3, 0.4) is 0 Å². The summed E-state index contributed by atoms with van der Waals surface area (Å²) in [5, 5.41) is -0.0124. The van der Waals surface area contributed by atoms with E-state index in [2.05, 4.69) is 0 Å². The number of carbonyl (C=O) groups excluding carboxylic acids is 1. The van der Waals surface area contributed by atoms with Gasteiger partial charge in [-0.3, -0.25) is 4.79 Å². The van der Waals surface area contributed by atoms with Crippen LogP contribution >= 0.6 is 0 Å². The number of aryl methyl sites for hydroxylation is 1. The number of aromatic nitrogens is 1. The van der Waals surface area contributed by atoms with Gasteiger partial charge in [-0.25, -0.2) is 16.8 Å². The van der Waals surface area contributed by atoms with Crippen LogP contribution in [-0.2, 0) is 10.0 Å². The van der Waals surface area contributed by atoms with Gasteiger partial charge in [0.25, 0.3) is 10.0 Å². The third kappa shape index (κ3) is 3.50. The summed E-state index contributed by atoms with van der Waals surface area (Å²) in [6.45, 7) is 1.85. The molecule has 5 nitrogen and oxygen atoms in total. The standard InChI is InChI=1S/C20H19FN2O3S/c1-14-7-9-15(10-8-14)27(25,26)23-13-16(19(24)11-12-22(2)3)20-17(21)5-4-6-18(20)23/h4-13H,1-3H3/b12-11+. The van der Waals surface area contributed by atoms with E-state index in [4.69, 9.17) is 0 Å². The monoisotopic (exact) mass is 386 g/mol. The lowest BCUT2D eigenvalue weighted by atomic mass is 10.1. The van der Waals surface area contributed by atoms with E-state index in [9.17, 15) is 17.6 Å². The molecular weight excluding hydrogens is 367 g/mol. The fourth-order valence-corrected chi connectivity index (χ4v) is 4.09. The van der Waals surface area contributed by atoms with Gasteiger partial charge in [0, 0.05) is 38.0 Å². The molecule has 3 rings (SSSR count). The molecule has 0 amide bonds. The molecule has 27 heavy (non-hydrogen) atoms. The first-order valence-electron chi connectivity index (χ1n) is 8.22. The van der Waals surface area contributed by atoms with Gasteiger partial charge in [0.2, 0.25) is 0 Å². The maximum atomic E-state index is 14.5. The molecule has 1 heterocycles. The fraction of sp³-hybridized carbons (Fsp3) is 0.150. The summed E-state index contributed by atoms with van der Waals surface area (Å²) < 4.78 is 41.6. The van der Waals surface area contributed by atoms with Crippen molar-refractivity contribution in [2.24, 2.45) is 0 Å². The summed E-state index contributed by atoms with van der Waals surface area (Å²) >= 11 is 0. The molecule has 0 saturated carbocycles. The number of carbonyl (C=O) groups is 1. The Morgan fingerprint density at radius 3 is 2.41 bits per heavy atom. The number of hydrogen-bond acceptors (Lipinski definition) is 4. The second-order valence-electron chi connectivity index (χ2n) is 6.43. The molecule has 0 atom stereocenters. The molecule has 0 aliphatic rings. The minimum Gasteiger partial charge on any atom is -0.383 e. The van der Waals surface area contributed by atoms with E-state index in [1.54, 1.807) is 31.1 Å². The third-order valence-corrected chi connectivity index (χ3v) is 5.80. The molecule has 0 aliphatic heterocycles. The fourth-order valence-electron chi connectivity index (χ4n) is 2.73. The highest BCUT2D eigenvalue weighted by molar-refractivity contribution is 7.90. The Morgan fingerprint density at radius 2 is 1.78 bits per heavy atom. The van der Waals surface area contributed by atoms with Crippen molar-refractivity contribution in [2.45, 2.75) is 11.8 Å². The van der Waals surface area contributed by atoms with Gasteiger partial charge in [-0.2, -0.15) is 0 Å². The molecule has 3 aromatic rings. The van der Waals surface area contributed by atoms with Crippen molar-refractivity contribution in [1.29, 1.82) is 0 Å². The summed E-state index contributed by atoms with van der Waals surface area (Å²) in [6, 6.07) is 10.5. The molecular formula is C20H19FN2O3S. The Morgan fingerprint density at radius 1 is 1.11 bits per heavy atom. The van der Waals surface area contributed by atoms with E-state index in [1.165, 1.54) is 48.8 Å². The second kappa shape index (κ2) is 7.00. The van der Waals surface area contributed by atoms with Crippen LogP contribution in [0.1, 0.15) is 15.9 Å². The van der Waals surface area contributed by atoms with Gasteiger partial charge in [0.15, 0.2) is 5.78 Å². The number of hydrogen-bond donors (Lipinski definition) is 0. The first kappa shape index (κ1) is 18.8. The minimum absolute atomic E-state index is 0.00288. The average Bonchev–Trinajstić information content (AvgIpc) is 3.02. The quantitative estimate of drug-likeness (QED) is 0.497. The lowest BCUT2D eigenvalue weighted by Gasteiger charge is -2.07. The molecule has 0 fully saturated rings. The lowest BCUT2D eigenvalue weighted by molar-refractivity contribution is 0.104. The molecule has 0 N–H and O–H groups in total. The van der Waals surface area contributed by atoms with E-state index in [-0.39, 0.29) is 21.4 Å².